The molecule has 17 heavy (non-hydrogen) atoms. The summed E-state index contributed by atoms with van der Waals surface area (Å²) in [4.78, 5) is 24.9. The summed E-state index contributed by atoms with van der Waals surface area (Å²) in [6.45, 7) is 1.62. The highest BCUT2D eigenvalue weighted by Crippen LogP contribution is 2.39. The van der Waals surface area contributed by atoms with Crippen LogP contribution in [0.1, 0.15) is 39.0 Å². The second kappa shape index (κ2) is 4.64. The van der Waals surface area contributed by atoms with Gasteiger partial charge in [-0.15, -0.1) is 0 Å². The number of nitrogens with zero attached hydrogens (tertiary/aromatic N) is 1. The highest BCUT2D eigenvalue weighted by molar-refractivity contribution is 5.87. The molecule has 0 spiro atoms. The molecular formula is C12H20N2O3. The van der Waals surface area contributed by atoms with Gasteiger partial charge in [0, 0.05) is 6.04 Å². The second-order valence-corrected chi connectivity index (χ2v) is 5.24. The molecule has 5 nitrogen and oxygen atoms in total. The van der Waals surface area contributed by atoms with Crippen LogP contribution < -0.4 is 5.73 Å². The molecular weight excluding hydrogens is 220 g/mol. The first-order valence-electron chi connectivity index (χ1n) is 6.33. The molecule has 1 aliphatic heterocycles. The van der Waals surface area contributed by atoms with Crippen LogP contribution in [0.3, 0.4) is 0 Å². The van der Waals surface area contributed by atoms with Gasteiger partial charge in [0.2, 0.25) is 5.91 Å². The van der Waals surface area contributed by atoms with Crippen LogP contribution in [0.2, 0.25) is 0 Å². The van der Waals surface area contributed by atoms with Crippen molar-refractivity contribution in [3.63, 3.8) is 0 Å². The molecule has 2 fully saturated rings. The van der Waals surface area contributed by atoms with E-state index in [1.807, 2.05) is 0 Å². The number of nitrogens with two attached hydrogens (primary N) is 1. The number of amides is 1. The fourth-order valence-electron chi connectivity index (χ4n) is 3.23. The Balaban J connectivity index is 2.23. The average molecular weight is 240 g/mol. The van der Waals surface area contributed by atoms with Gasteiger partial charge in [-0.2, -0.15) is 0 Å². The van der Waals surface area contributed by atoms with E-state index in [1.54, 1.807) is 11.8 Å². The summed E-state index contributed by atoms with van der Waals surface area (Å²) >= 11 is 0. The van der Waals surface area contributed by atoms with Gasteiger partial charge in [0.25, 0.3) is 0 Å². The molecule has 1 aliphatic carbocycles. The molecule has 1 saturated heterocycles. The molecule has 2 rings (SSSR count). The van der Waals surface area contributed by atoms with E-state index in [9.17, 15) is 14.7 Å². The molecule has 0 radical (unpaired) electrons. The fourth-order valence-corrected chi connectivity index (χ4v) is 3.23. The van der Waals surface area contributed by atoms with Crippen LogP contribution in [-0.4, -0.2) is 40.0 Å². The molecule has 1 amide bonds. The van der Waals surface area contributed by atoms with Crippen molar-refractivity contribution in [2.24, 2.45) is 11.7 Å². The summed E-state index contributed by atoms with van der Waals surface area (Å²) in [5.41, 5.74) is 5.62. The predicted octanol–water partition coefficient (Wildman–Crippen LogP) is 0.578. The Morgan fingerprint density at radius 3 is 2.59 bits per heavy atom. The van der Waals surface area contributed by atoms with Crippen LogP contribution in [0, 0.1) is 5.92 Å². The van der Waals surface area contributed by atoms with E-state index in [-0.39, 0.29) is 11.9 Å². The van der Waals surface area contributed by atoms with E-state index < -0.39 is 18.1 Å². The summed E-state index contributed by atoms with van der Waals surface area (Å²) in [6, 6.07) is -1.18. The van der Waals surface area contributed by atoms with Gasteiger partial charge in [-0.3, -0.25) is 4.79 Å². The molecule has 2 aliphatic rings. The number of carbonyl (C=O) groups is 2. The molecule has 0 aromatic heterocycles. The van der Waals surface area contributed by atoms with Crippen LogP contribution >= 0.6 is 0 Å². The zero-order valence-corrected chi connectivity index (χ0v) is 10.1. The largest absolute Gasteiger partial charge is 0.480 e. The van der Waals surface area contributed by atoms with Crippen molar-refractivity contribution in [1.82, 2.24) is 4.90 Å². The molecule has 0 aromatic carbocycles. The molecule has 3 N–H and O–H groups in total. The zero-order chi connectivity index (χ0) is 12.6. The highest BCUT2D eigenvalue weighted by atomic mass is 16.4. The quantitative estimate of drug-likeness (QED) is 0.739. The third kappa shape index (κ3) is 2.16. The van der Waals surface area contributed by atoms with E-state index in [1.165, 1.54) is 0 Å². The number of hydrogen-bond acceptors (Lipinski definition) is 3. The number of carboxylic acid groups (broad SMARTS) is 1. The van der Waals surface area contributed by atoms with Crippen LogP contribution in [-0.2, 0) is 9.59 Å². The molecule has 96 valence electrons. The van der Waals surface area contributed by atoms with Gasteiger partial charge in [-0.25, -0.2) is 4.79 Å². The Kier molecular flexibility index (Phi) is 3.38. The van der Waals surface area contributed by atoms with Gasteiger partial charge >= 0.3 is 5.97 Å². The number of carboxylic acids is 1. The number of aliphatic carboxylic acids is 1. The standard InChI is InChI=1S/C12H20N2O3/c1-7(13)11(15)14-9-5-3-2-4-8(9)6-10(14)12(16)17/h7-10H,2-6,13H2,1H3,(H,16,17)/t7-,8?,9?,10?/m1/s1. The van der Waals surface area contributed by atoms with Crippen molar-refractivity contribution in [3.8, 4) is 0 Å². The maximum atomic E-state index is 12.1. The maximum absolute atomic E-state index is 12.1. The van der Waals surface area contributed by atoms with Crippen molar-refractivity contribution >= 4 is 11.9 Å². The van der Waals surface area contributed by atoms with Gasteiger partial charge in [0.1, 0.15) is 6.04 Å². The average Bonchev–Trinajstić information content (AvgIpc) is 2.67. The smallest absolute Gasteiger partial charge is 0.326 e. The van der Waals surface area contributed by atoms with Crippen molar-refractivity contribution in [1.29, 1.82) is 0 Å². The Bertz CT molecular complexity index is 330. The Labute approximate surface area is 101 Å². The minimum Gasteiger partial charge on any atom is -0.480 e. The number of hydrogen-bond donors (Lipinski definition) is 2. The number of carbonyl (C=O) groups excluding carboxylic acids is 1. The Hall–Kier alpha value is -1.10. The lowest BCUT2D eigenvalue weighted by Crippen LogP contribution is -2.51. The number of rotatable bonds is 2. The molecule has 1 heterocycles. The van der Waals surface area contributed by atoms with E-state index >= 15 is 0 Å². The lowest BCUT2D eigenvalue weighted by atomic mass is 9.84. The summed E-state index contributed by atoms with van der Waals surface area (Å²) < 4.78 is 0. The summed E-state index contributed by atoms with van der Waals surface area (Å²) in [7, 11) is 0. The zero-order valence-electron chi connectivity index (χ0n) is 10.1. The molecule has 0 bridgehead atoms. The Morgan fingerprint density at radius 2 is 2.00 bits per heavy atom. The normalized spacial score (nSPS) is 34.2. The first-order valence-corrected chi connectivity index (χ1v) is 6.33. The van der Waals surface area contributed by atoms with Crippen LogP contribution in [0.5, 0.6) is 0 Å². The van der Waals surface area contributed by atoms with Gasteiger partial charge in [-0.05, 0) is 32.1 Å². The lowest BCUT2D eigenvalue weighted by molar-refractivity contribution is -0.150. The summed E-state index contributed by atoms with van der Waals surface area (Å²) in [5, 5.41) is 9.23. The van der Waals surface area contributed by atoms with Crippen molar-refractivity contribution in [2.75, 3.05) is 0 Å². The van der Waals surface area contributed by atoms with E-state index in [0.29, 0.717) is 12.3 Å². The van der Waals surface area contributed by atoms with E-state index in [4.69, 9.17) is 5.73 Å². The SMILES string of the molecule is C[C@@H](N)C(=O)N1C(C(=O)O)CC2CCCCC21. The minimum absolute atomic E-state index is 0.100. The van der Waals surface area contributed by atoms with Crippen molar-refractivity contribution in [2.45, 2.75) is 57.2 Å². The summed E-state index contributed by atoms with van der Waals surface area (Å²) in [5.74, 6) is -0.757. The first-order chi connectivity index (χ1) is 8.02. The van der Waals surface area contributed by atoms with Crippen molar-refractivity contribution in [3.05, 3.63) is 0 Å². The first kappa shape index (κ1) is 12.4. The summed E-state index contributed by atoms with van der Waals surface area (Å²) in [6.07, 6.45) is 4.78. The monoisotopic (exact) mass is 240 g/mol. The van der Waals surface area contributed by atoms with Crippen molar-refractivity contribution < 1.29 is 14.7 Å². The van der Waals surface area contributed by atoms with Gasteiger partial charge < -0.3 is 15.7 Å². The Morgan fingerprint density at radius 1 is 1.35 bits per heavy atom. The van der Waals surface area contributed by atoms with Gasteiger partial charge in [-0.1, -0.05) is 12.8 Å². The topological polar surface area (TPSA) is 83.6 Å². The fraction of sp³-hybridized carbons (Fsp3) is 0.833. The predicted molar refractivity (Wildman–Crippen MR) is 62.3 cm³/mol. The second-order valence-electron chi connectivity index (χ2n) is 5.24. The third-order valence-corrected chi connectivity index (χ3v) is 4.02. The number of likely N-dealkylation sites (tertiary alicyclic amines) is 1. The van der Waals surface area contributed by atoms with Gasteiger partial charge in [0.15, 0.2) is 0 Å². The van der Waals surface area contributed by atoms with Gasteiger partial charge in [0.05, 0.1) is 6.04 Å². The van der Waals surface area contributed by atoms with Crippen LogP contribution in [0.25, 0.3) is 0 Å². The van der Waals surface area contributed by atoms with E-state index in [2.05, 4.69) is 0 Å². The maximum Gasteiger partial charge on any atom is 0.326 e. The third-order valence-electron chi connectivity index (χ3n) is 4.02. The molecule has 4 atom stereocenters. The molecule has 0 aromatic rings. The van der Waals surface area contributed by atoms with E-state index in [0.717, 1.165) is 25.7 Å². The molecule has 3 unspecified atom stereocenters. The van der Waals surface area contributed by atoms with Crippen LogP contribution in [0.15, 0.2) is 0 Å². The lowest BCUT2D eigenvalue weighted by Gasteiger charge is -2.33. The number of fused-ring (bicyclic) bond motifs is 1. The molecule has 1 saturated carbocycles. The van der Waals surface area contributed by atoms with Crippen LogP contribution in [0.4, 0.5) is 0 Å². The minimum atomic E-state index is -0.895. The molecule has 5 heteroatoms. The highest BCUT2D eigenvalue weighted by Gasteiger charge is 2.47.